The van der Waals surface area contributed by atoms with Crippen molar-refractivity contribution in [2.75, 3.05) is 18.0 Å². The number of allylic oxidation sites excluding steroid dienone is 3. The van der Waals surface area contributed by atoms with Crippen LogP contribution in [0.4, 0.5) is 9.52 Å². The summed E-state index contributed by atoms with van der Waals surface area (Å²) < 4.78 is 13.4. The molecule has 0 aliphatic rings. The normalized spacial score (nSPS) is 12.0. The Morgan fingerprint density at radius 2 is 1.85 bits per heavy atom. The van der Waals surface area contributed by atoms with Gasteiger partial charge in [-0.25, -0.2) is 9.37 Å². The molecule has 0 spiro atoms. The minimum Gasteiger partial charge on any atom is -0.348 e. The van der Waals surface area contributed by atoms with Gasteiger partial charge in [-0.1, -0.05) is 37.8 Å². The summed E-state index contributed by atoms with van der Waals surface area (Å²) in [5, 5.41) is 0.979. The molecule has 0 N–H and O–H groups in total. The van der Waals surface area contributed by atoms with Gasteiger partial charge in [-0.15, -0.1) is 0 Å². The Morgan fingerprint density at radius 1 is 1.22 bits per heavy atom. The Bertz CT molecular complexity index is 813. The van der Waals surface area contributed by atoms with Crippen LogP contribution in [0.15, 0.2) is 53.7 Å². The lowest BCUT2D eigenvalue weighted by atomic mass is 10.1. The predicted octanol–water partition coefficient (Wildman–Crippen LogP) is 6.47. The van der Waals surface area contributed by atoms with Crippen molar-refractivity contribution in [1.82, 2.24) is 4.98 Å². The SMILES string of the molecule is C=C(C)N=C(/C=C\C)c1sc(N(CCC)CCC)nc1-c1ccc(F)cc1. The Morgan fingerprint density at radius 3 is 2.37 bits per heavy atom. The summed E-state index contributed by atoms with van der Waals surface area (Å²) in [6, 6.07) is 6.49. The highest BCUT2D eigenvalue weighted by Gasteiger charge is 2.20. The second-order valence-corrected chi connectivity index (χ2v) is 7.38. The number of aromatic nitrogens is 1. The lowest BCUT2D eigenvalue weighted by Gasteiger charge is -2.19. The summed E-state index contributed by atoms with van der Waals surface area (Å²) in [5.41, 5.74) is 3.30. The monoisotopic (exact) mass is 385 g/mol. The van der Waals surface area contributed by atoms with Crippen molar-refractivity contribution in [3.05, 3.63) is 59.4 Å². The van der Waals surface area contributed by atoms with Gasteiger partial charge in [0.25, 0.3) is 0 Å². The molecular formula is C22H28FN3S. The fraction of sp³-hybridized carbons (Fsp3) is 0.364. The van der Waals surface area contributed by atoms with Gasteiger partial charge in [0.15, 0.2) is 5.13 Å². The second kappa shape index (κ2) is 10.2. The van der Waals surface area contributed by atoms with Crippen LogP contribution in [0, 0.1) is 5.82 Å². The van der Waals surface area contributed by atoms with Crippen molar-refractivity contribution < 1.29 is 4.39 Å². The molecule has 2 rings (SSSR count). The molecule has 144 valence electrons. The molecule has 0 saturated carbocycles. The third-order valence-electron chi connectivity index (χ3n) is 3.86. The molecule has 1 aromatic heterocycles. The third-order valence-corrected chi connectivity index (χ3v) is 5.00. The van der Waals surface area contributed by atoms with E-state index in [4.69, 9.17) is 4.98 Å². The molecule has 5 heteroatoms. The number of hydrogen-bond acceptors (Lipinski definition) is 4. The van der Waals surface area contributed by atoms with Gasteiger partial charge < -0.3 is 4.90 Å². The van der Waals surface area contributed by atoms with Crippen molar-refractivity contribution in [3.8, 4) is 11.3 Å². The van der Waals surface area contributed by atoms with Crippen molar-refractivity contribution >= 4 is 22.2 Å². The number of hydrogen-bond donors (Lipinski definition) is 0. The highest BCUT2D eigenvalue weighted by Crippen LogP contribution is 2.34. The summed E-state index contributed by atoms with van der Waals surface area (Å²) in [6.07, 6.45) is 6.05. The largest absolute Gasteiger partial charge is 0.348 e. The number of thiazole rings is 1. The molecule has 0 fully saturated rings. The third kappa shape index (κ3) is 5.60. The molecule has 0 bridgehead atoms. The van der Waals surface area contributed by atoms with E-state index >= 15 is 0 Å². The summed E-state index contributed by atoms with van der Waals surface area (Å²) in [7, 11) is 0. The van der Waals surface area contributed by atoms with Gasteiger partial charge in [0.1, 0.15) is 5.82 Å². The second-order valence-electron chi connectivity index (χ2n) is 6.40. The highest BCUT2D eigenvalue weighted by atomic mass is 32.1. The minimum atomic E-state index is -0.251. The summed E-state index contributed by atoms with van der Waals surface area (Å²) >= 11 is 1.63. The lowest BCUT2D eigenvalue weighted by Crippen LogP contribution is -2.24. The first-order valence-electron chi connectivity index (χ1n) is 9.39. The van der Waals surface area contributed by atoms with E-state index in [1.54, 1.807) is 23.5 Å². The maximum Gasteiger partial charge on any atom is 0.186 e. The zero-order valence-corrected chi connectivity index (χ0v) is 17.4. The molecule has 0 amide bonds. The van der Waals surface area contributed by atoms with Gasteiger partial charge in [0.2, 0.25) is 0 Å². The first kappa shape index (κ1) is 21.0. The topological polar surface area (TPSA) is 28.5 Å². The highest BCUT2D eigenvalue weighted by molar-refractivity contribution is 7.18. The molecule has 1 heterocycles. The van der Waals surface area contributed by atoms with Crippen molar-refractivity contribution in [2.45, 2.75) is 40.5 Å². The number of benzene rings is 1. The van der Waals surface area contributed by atoms with Crippen LogP contribution in [-0.4, -0.2) is 23.8 Å². The average Bonchev–Trinajstić information content (AvgIpc) is 3.06. The van der Waals surface area contributed by atoms with E-state index in [0.29, 0.717) is 0 Å². The van der Waals surface area contributed by atoms with Gasteiger partial charge in [-0.05, 0) is 57.0 Å². The van der Waals surface area contributed by atoms with Gasteiger partial charge in [-0.2, -0.15) is 0 Å². The Hall–Kier alpha value is -2.27. The fourth-order valence-corrected chi connectivity index (χ4v) is 3.90. The molecule has 27 heavy (non-hydrogen) atoms. The quantitative estimate of drug-likeness (QED) is 0.463. The van der Waals surface area contributed by atoms with Crippen molar-refractivity contribution in [2.24, 2.45) is 4.99 Å². The lowest BCUT2D eigenvalue weighted by molar-refractivity contribution is 0.628. The molecule has 1 aromatic carbocycles. The molecule has 0 saturated heterocycles. The van der Waals surface area contributed by atoms with E-state index in [2.05, 4.69) is 30.3 Å². The van der Waals surface area contributed by atoms with Crippen LogP contribution in [0.2, 0.25) is 0 Å². The average molecular weight is 386 g/mol. The van der Waals surface area contributed by atoms with E-state index < -0.39 is 0 Å². The minimum absolute atomic E-state index is 0.251. The standard InChI is InChI=1S/C22H28FN3S/c1-6-9-19(24-16(4)5)21-20(17-10-12-18(23)13-11-17)25-22(27-21)26(14-7-2)15-8-3/h6,9-13H,4,7-8,14-15H2,1-3,5H3/b9-6-,24-19?. The Balaban J connectivity index is 2.64. The van der Waals surface area contributed by atoms with Crippen LogP contribution in [0.1, 0.15) is 45.4 Å². The van der Waals surface area contributed by atoms with E-state index in [1.165, 1.54) is 12.1 Å². The van der Waals surface area contributed by atoms with Crippen LogP contribution in [0.25, 0.3) is 11.3 Å². The number of rotatable bonds is 9. The number of nitrogens with zero attached hydrogens (tertiary/aromatic N) is 3. The summed E-state index contributed by atoms with van der Waals surface area (Å²) in [4.78, 5) is 12.9. The van der Waals surface area contributed by atoms with E-state index in [9.17, 15) is 4.39 Å². The smallest absolute Gasteiger partial charge is 0.186 e. The Kier molecular flexibility index (Phi) is 7.92. The molecule has 0 aliphatic carbocycles. The van der Waals surface area contributed by atoms with Crippen LogP contribution in [0.5, 0.6) is 0 Å². The zero-order chi connectivity index (χ0) is 19.8. The number of anilines is 1. The van der Waals surface area contributed by atoms with E-state index in [1.807, 2.05) is 26.0 Å². The maximum absolute atomic E-state index is 13.4. The summed E-state index contributed by atoms with van der Waals surface area (Å²) in [5.74, 6) is -0.251. The van der Waals surface area contributed by atoms with Gasteiger partial charge in [0, 0.05) is 24.4 Å². The van der Waals surface area contributed by atoms with Crippen LogP contribution in [-0.2, 0) is 0 Å². The molecule has 0 unspecified atom stereocenters. The number of halogens is 1. The molecular weight excluding hydrogens is 357 g/mol. The first-order valence-corrected chi connectivity index (χ1v) is 10.2. The zero-order valence-electron chi connectivity index (χ0n) is 16.6. The number of aliphatic imine (C=N–C) groups is 1. The molecule has 0 atom stereocenters. The molecule has 0 radical (unpaired) electrons. The van der Waals surface area contributed by atoms with Gasteiger partial charge in [-0.3, -0.25) is 4.99 Å². The van der Waals surface area contributed by atoms with Gasteiger partial charge in [0.05, 0.1) is 16.3 Å². The predicted molar refractivity (Wildman–Crippen MR) is 116 cm³/mol. The maximum atomic E-state index is 13.4. The molecule has 3 nitrogen and oxygen atoms in total. The van der Waals surface area contributed by atoms with Crippen LogP contribution >= 0.6 is 11.3 Å². The molecule has 0 aliphatic heterocycles. The summed E-state index contributed by atoms with van der Waals surface area (Å²) in [6.45, 7) is 14.0. The van der Waals surface area contributed by atoms with Crippen molar-refractivity contribution in [1.29, 1.82) is 0 Å². The Labute approximate surface area is 166 Å². The van der Waals surface area contributed by atoms with Crippen molar-refractivity contribution in [3.63, 3.8) is 0 Å². The van der Waals surface area contributed by atoms with Crippen LogP contribution < -0.4 is 4.90 Å². The van der Waals surface area contributed by atoms with E-state index in [-0.39, 0.29) is 5.82 Å². The van der Waals surface area contributed by atoms with Gasteiger partial charge >= 0.3 is 0 Å². The van der Waals surface area contributed by atoms with E-state index in [0.717, 1.165) is 58.6 Å². The molecule has 2 aromatic rings. The first-order chi connectivity index (χ1) is 13.0. The fourth-order valence-electron chi connectivity index (χ4n) is 2.79. The van der Waals surface area contributed by atoms with Crippen LogP contribution in [0.3, 0.4) is 0 Å².